The first-order valence-corrected chi connectivity index (χ1v) is 7.34. The number of amides is 1. The number of aliphatic hydroxyl groups excluding tert-OH is 1. The standard InChI is InChI=1S/C14H26N2O4/c1-15(7-3-2-4-10-17)11-13(18)16-8-5-12(6-9-16)14(19)20/h12,17H,2-11H2,1H3,(H,19,20). The van der Waals surface area contributed by atoms with Crippen LogP contribution in [0.5, 0.6) is 0 Å². The number of carbonyl (C=O) groups excluding carboxylic acids is 1. The third-order valence-corrected chi connectivity index (χ3v) is 3.80. The Morgan fingerprint density at radius 1 is 1.20 bits per heavy atom. The van der Waals surface area contributed by atoms with Crippen LogP contribution in [0.2, 0.25) is 0 Å². The van der Waals surface area contributed by atoms with E-state index in [1.165, 1.54) is 0 Å². The highest BCUT2D eigenvalue weighted by Gasteiger charge is 2.27. The first-order valence-electron chi connectivity index (χ1n) is 7.34. The molecule has 0 aromatic carbocycles. The number of nitrogens with zero attached hydrogens (tertiary/aromatic N) is 2. The van der Waals surface area contributed by atoms with Crippen LogP contribution in [0.3, 0.4) is 0 Å². The summed E-state index contributed by atoms with van der Waals surface area (Å²) in [6.45, 7) is 2.55. The molecule has 116 valence electrons. The van der Waals surface area contributed by atoms with E-state index in [0.717, 1.165) is 25.8 Å². The molecule has 0 saturated carbocycles. The lowest BCUT2D eigenvalue weighted by atomic mass is 9.97. The van der Waals surface area contributed by atoms with E-state index in [1.807, 2.05) is 11.9 Å². The molecule has 6 heteroatoms. The maximum atomic E-state index is 12.1. The van der Waals surface area contributed by atoms with Crippen LogP contribution in [0.4, 0.5) is 0 Å². The molecule has 0 aliphatic carbocycles. The van der Waals surface area contributed by atoms with Crippen molar-refractivity contribution in [2.45, 2.75) is 32.1 Å². The van der Waals surface area contributed by atoms with Crippen LogP contribution in [-0.4, -0.2) is 71.7 Å². The Hall–Kier alpha value is -1.14. The van der Waals surface area contributed by atoms with Crippen LogP contribution in [0.25, 0.3) is 0 Å². The zero-order valence-electron chi connectivity index (χ0n) is 12.3. The predicted molar refractivity (Wildman–Crippen MR) is 75.4 cm³/mol. The quantitative estimate of drug-likeness (QED) is 0.631. The molecule has 6 nitrogen and oxygen atoms in total. The third-order valence-electron chi connectivity index (χ3n) is 3.80. The molecule has 1 rings (SSSR count). The molecular formula is C14H26N2O4. The Kier molecular flexibility index (Phi) is 7.54. The Morgan fingerprint density at radius 2 is 1.85 bits per heavy atom. The van der Waals surface area contributed by atoms with Gasteiger partial charge in [0.25, 0.3) is 0 Å². The number of likely N-dealkylation sites (N-methyl/N-ethyl adjacent to an activating group) is 1. The molecule has 1 saturated heterocycles. The topological polar surface area (TPSA) is 81.1 Å². The average molecular weight is 286 g/mol. The van der Waals surface area contributed by atoms with Gasteiger partial charge in [-0.05, 0) is 45.7 Å². The highest BCUT2D eigenvalue weighted by molar-refractivity contribution is 5.78. The van der Waals surface area contributed by atoms with Gasteiger partial charge in [0.05, 0.1) is 12.5 Å². The largest absolute Gasteiger partial charge is 0.481 e. The smallest absolute Gasteiger partial charge is 0.306 e. The molecular weight excluding hydrogens is 260 g/mol. The fourth-order valence-corrected chi connectivity index (χ4v) is 2.46. The number of aliphatic hydroxyl groups is 1. The Balaban J connectivity index is 2.21. The Labute approximate surface area is 120 Å². The predicted octanol–water partition coefficient (Wildman–Crippen LogP) is 0.404. The molecule has 0 spiro atoms. The van der Waals surface area contributed by atoms with Crippen LogP contribution in [0, 0.1) is 5.92 Å². The van der Waals surface area contributed by atoms with Gasteiger partial charge in [0.15, 0.2) is 0 Å². The molecule has 2 N–H and O–H groups in total. The van der Waals surface area contributed by atoms with Gasteiger partial charge in [-0.2, -0.15) is 0 Å². The zero-order valence-corrected chi connectivity index (χ0v) is 12.3. The van der Waals surface area contributed by atoms with Crippen molar-refractivity contribution < 1.29 is 19.8 Å². The summed E-state index contributed by atoms with van der Waals surface area (Å²) in [5.74, 6) is -0.966. The van der Waals surface area contributed by atoms with Crippen LogP contribution in [-0.2, 0) is 9.59 Å². The van der Waals surface area contributed by atoms with Crippen molar-refractivity contribution in [3.8, 4) is 0 Å². The summed E-state index contributed by atoms with van der Waals surface area (Å²) in [6.07, 6.45) is 3.87. The van der Waals surface area contributed by atoms with E-state index >= 15 is 0 Å². The van der Waals surface area contributed by atoms with E-state index in [4.69, 9.17) is 10.2 Å². The Morgan fingerprint density at radius 3 is 2.40 bits per heavy atom. The molecule has 1 heterocycles. The van der Waals surface area contributed by atoms with Crippen LogP contribution in [0.1, 0.15) is 32.1 Å². The molecule has 1 aliphatic rings. The molecule has 1 amide bonds. The zero-order chi connectivity index (χ0) is 15.0. The van der Waals surface area contributed by atoms with Gasteiger partial charge < -0.3 is 15.1 Å². The molecule has 1 aliphatic heterocycles. The minimum atomic E-state index is -0.752. The van der Waals surface area contributed by atoms with Gasteiger partial charge in [0.2, 0.25) is 5.91 Å². The van der Waals surface area contributed by atoms with Gasteiger partial charge in [0.1, 0.15) is 0 Å². The lowest BCUT2D eigenvalue weighted by molar-refractivity contribution is -0.145. The number of carboxylic acids is 1. The van der Waals surface area contributed by atoms with Crippen molar-refractivity contribution in [1.29, 1.82) is 0 Å². The fraction of sp³-hybridized carbons (Fsp3) is 0.857. The lowest BCUT2D eigenvalue weighted by Gasteiger charge is -2.31. The number of hydrogen-bond acceptors (Lipinski definition) is 4. The normalized spacial score (nSPS) is 16.6. The number of likely N-dealkylation sites (tertiary alicyclic amines) is 1. The van der Waals surface area contributed by atoms with Crippen molar-refractivity contribution in [3.05, 3.63) is 0 Å². The van der Waals surface area contributed by atoms with Gasteiger partial charge in [-0.15, -0.1) is 0 Å². The number of aliphatic carboxylic acids is 1. The molecule has 0 unspecified atom stereocenters. The number of carboxylic acid groups (broad SMARTS) is 1. The van der Waals surface area contributed by atoms with E-state index in [2.05, 4.69) is 0 Å². The second kappa shape index (κ2) is 8.92. The van der Waals surface area contributed by atoms with Crippen molar-refractivity contribution in [2.24, 2.45) is 5.92 Å². The average Bonchev–Trinajstić information content (AvgIpc) is 2.43. The molecule has 0 aromatic rings. The van der Waals surface area contributed by atoms with Crippen molar-refractivity contribution >= 4 is 11.9 Å². The van der Waals surface area contributed by atoms with Gasteiger partial charge in [-0.1, -0.05) is 0 Å². The summed E-state index contributed by atoms with van der Waals surface area (Å²) in [5, 5.41) is 17.6. The van der Waals surface area contributed by atoms with E-state index in [1.54, 1.807) is 4.90 Å². The number of carbonyl (C=O) groups is 2. The number of rotatable bonds is 8. The summed E-state index contributed by atoms with van der Waals surface area (Å²) >= 11 is 0. The van der Waals surface area contributed by atoms with Crippen molar-refractivity contribution in [1.82, 2.24) is 9.80 Å². The summed E-state index contributed by atoms with van der Waals surface area (Å²) in [7, 11) is 1.92. The molecule has 0 radical (unpaired) electrons. The van der Waals surface area contributed by atoms with Crippen molar-refractivity contribution in [3.63, 3.8) is 0 Å². The second-order valence-electron chi connectivity index (χ2n) is 5.52. The maximum absolute atomic E-state index is 12.1. The first kappa shape index (κ1) is 16.9. The summed E-state index contributed by atoms with van der Waals surface area (Å²) in [6, 6.07) is 0. The van der Waals surface area contributed by atoms with E-state index in [9.17, 15) is 9.59 Å². The molecule has 0 atom stereocenters. The fourth-order valence-electron chi connectivity index (χ4n) is 2.46. The molecule has 1 fully saturated rings. The third kappa shape index (κ3) is 5.88. The summed E-state index contributed by atoms with van der Waals surface area (Å²) in [5.41, 5.74) is 0. The highest BCUT2D eigenvalue weighted by Crippen LogP contribution is 2.17. The van der Waals surface area contributed by atoms with E-state index in [-0.39, 0.29) is 18.4 Å². The van der Waals surface area contributed by atoms with Gasteiger partial charge in [-0.3, -0.25) is 14.5 Å². The second-order valence-corrected chi connectivity index (χ2v) is 5.52. The maximum Gasteiger partial charge on any atom is 0.306 e. The van der Waals surface area contributed by atoms with Gasteiger partial charge in [-0.25, -0.2) is 0 Å². The number of unbranched alkanes of at least 4 members (excludes halogenated alkanes) is 2. The van der Waals surface area contributed by atoms with E-state index < -0.39 is 5.97 Å². The Bertz CT molecular complexity index is 314. The minimum Gasteiger partial charge on any atom is -0.481 e. The van der Waals surface area contributed by atoms with Gasteiger partial charge in [0, 0.05) is 19.7 Å². The minimum absolute atomic E-state index is 0.0819. The van der Waals surface area contributed by atoms with E-state index in [0.29, 0.717) is 32.5 Å². The molecule has 20 heavy (non-hydrogen) atoms. The van der Waals surface area contributed by atoms with Crippen LogP contribution in [0.15, 0.2) is 0 Å². The highest BCUT2D eigenvalue weighted by atomic mass is 16.4. The van der Waals surface area contributed by atoms with Gasteiger partial charge >= 0.3 is 5.97 Å². The molecule has 0 bridgehead atoms. The summed E-state index contributed by atoms with van der Waals surface area (Å²) < 4.78 is 0. The number of hydrogen-bond donors (Lipinski definition) is 2. The lowest BCUT2D eigenvalue weighted by Crippen LogP contribution is -2.44. The summed E-state index contributed by atoms with van der Waals surface area (Å²) in [4.78, 5) is 26.7. The van der Waals surface area contributed by atoms with Crippen LogP contribution < -0.4 is 0 Å². The van der Waals surface area contributed by atoms with Crippen molar-refractivity contribution in [2.75, 3.05) is 39.8 Å². The number of piperidine rings is 1. The first-order chi connectivity index (χ1) is 9.54. The SMILES string of the molecule is CN(CCCCCO)CC(=O)N1CCC(C(=O)O)CC1. The molecule has 0 aromatic heterocycles. The monoisotopic (exact) mass is 286 g/mol. The van der Waals surface area contributed by atoms with Crippen LogP contribution >= 0.6 is 0 Å².